The quantitative estimate of drug-likeness (QED) is 0.260. The lowest BCUT2D eigenvalue weighted by Crippen LogP contribution is -2.25. The Kier molecular flexibility index (Phi) is 6.55. The predicted octanol–water partition coefficient (Wildman–Crippen LogP) is 5.46. The third kappa shape index (κ3) is 4.73. The average Bonchev–Trinajstić information content (AvgIpc) is 3.35. The maximum atomic E-state index is 12.7. The molecule has 0 saturated carbocycles. The summed E-state index contributed by atoms with van der Waals surface area (Å²) in [5, 5.41) is 6.63. The molecule has 8 heteroatoms. The number of carbonyl (C=O) groups is 2. The maximum Gasteiger partial charge on any atom is 0.308 e. The molecule has 0 radical (unpaired) electrons. The number of hydrazone groups is 1. The fourth-order valence-electron chi connectivity index (χ4n) is 4.24. The van der Waals surface area contributed by atoms with Crippen LogP contribution in [0.4, 0.5) is 0 Å². The Hall–Kier alpha value is -4.72. The number of aromatic nitrogens is 1. The molecule has 1 amide bonds. The molecule has 3 aromatic carbocycles. The van der Waals surface area contributed by atoms with Crippen LogP contribution < -0.4 is 9.47 Å². The summed E-state index contributed by atoms with van der Waals surface area (Å²) in [6, 6.07) is 24.6. The molecule has 2 heterocycles. The van der Waals surface area contributed by atoms with Gasteiger partial charge in [-0.1, -0.05) is 54.6 Å². The summed E-state index contributed by atoms with van der Waals surface area (Å²) < 4.78 is 17.5. The molecule has 1 aliphatic heterocycles. The molecule has 1 aliphatic rings. The highest BCUT2D eigenvalue weighted by atomic mass is 16.6. The molecule has 0 aliphatic carbocycles. The molecule has 0 saturated heterocycles. The minimum absolute atomic E-state index is 0.139. The largest absolute Gasteiger partial charge is 0.490 e. The summed E-state index contributed by atoms with van der Waals surface area (Å²) in [6.45, 7) is 4.94. The second kappa shape index (κ2) is 10.1. The Morgan fingerprint density at radius 1 is 0.973 bits per heavy atom. The normalized spacial score (nSPS) is 14.7. The van der Waals surface area contributed by atoms with Gasteiger partial charge in [-0.25, -0.2) is 4.98 Å². The Morgan fingerprint density at radius 3 is 2.46 bits per heavy atom. The van der Waals surface area contributed by atoms with Gasteiger partial charge in [-0.05, 0) is 31.2 Å². The van der Waals surface area contributed by atoms with Gasteiger partial charge >= 0.3 is 5.97 Å². The molecular formula is C29H25N3O5. The molecule has 0 N–H and O–H groups in total. The minimum atomic E-state index is -0.858. The van der Waals surface area contributed by atoms with E-state index in [1.165, 1.54) is 18.9 Å². The molecule has 0 fully saturated rings. The van der Waals surface area contributed by atoms with Gasteiger partial charge in [-0.15, -0.1) is 5.10 Å². The van der Waals surface area contributed by atoms with Gasteiger partial charge in [0, 0.05) is 30.4 Å². The van der Waals surface area contributed by atoms with Crippen molar-refractivity contribution in [2.24, 2.45) is 5.10 Å². The maximum absolute atomic E-state index is 12.7. The van der Waals surface area contributed by atoms with Crippen LogP contribution in [0.15, 0.2) is 84.0 Å². The first-order chi connectivity index (χ1) is 18.0. The third-order valence-electron chi connectivity index (χ3n) is 5.81. The first-order valence-corrected chi connectivity index (χ1v) is 11.9. The van der Waals surface area contributed by atoms with Crippen LogP contribution in [-0.2, 0) is 14.3 Å². The number of benzene rings is 3. The number of pyridine rings is 1. The van der Waals surface area contributed by atoms with Gasteiger partial charge in [0.1, 0.15) is 0 Å². The number of hydrogen-bond acceptors (Lipinski definition) is 7. The van der Waals surface area contributed by atoms with Gasteiger partial charge in [0.2, 0.25) is 18.0 Å². The van der Waals surface area contributed by atoms with E-state index in [4.69, 9.17) is 19.2 Å². The van der Waals surface area contributed by atoms with E-state index in [9.17, 15) is 9.59 Å². The van der Waals surface area contributed by atoms with Crippen LogP contribution in [0.3, 0.4) is 0 Å². The van der Waals surface area contributed by atoms with Crippen molar-refractivity contribution in [2.75, 3.05) is 6.61 Å². The Bertz CT molecular complexity index is 1520. The molecule has 5 rings (SSSR count). The van der Waals surface area contributed by atoms with Crippen molar-refractivity contribution >= 4 is 28.7 Å². The summed E-state index contributed by atoms with van der Waals surface area (Å²) in [4.78, 5) is 29.5. The van der Waals surface area contributed by atoms with E-state index >= 15 is 0 Å². The first kappa shape index (κ1) is 24.0. The van der Waals surface area contributed by atoms with Crippen LogP contribution in [-0.4, -0.2) is 34.4 Å². The van der Waals surface area contributed by atoms with Crippen LogP contribution in [0.2, 0.25) is 0 Å². The average molecular weight is 496 g/mol. The van der Waals surface area contributed by atoms with Gasteiger partial charge in [-0.3, -0.25) is 9.59 Å². The highest BCUT2D eigenvalue weighted by Gasteiger charge is 2.36. The Balaban J connectivity index is 1.63. The van der Waals surface area contributed by atoms with Crippen LogP contribution in [0.1, 0.15) is 38.1 Å². The third-order valence-corrected chi connectivity index (χ3v) is 5.81. The van der Waals surface area contributed by atoms with E-state index in [2.05, 4.69) is 5.10 Å². The number of amides is 1. The summed E-state index contributed by atoms with van der Waals surface area (Å²) >= 11 is 0. The molecule has 37 heavy (non-hydrogen) atoms. The van der Waals surface area contributed by atoms with E-state index in [1.807, 2.05) is 67.6 Å². The lowest BCUT2D eigenvalue weighted by Gasteiger charge is -2.21. The molecule has 1 aromatic heterocycles. The fourth-order valence-corrected chi connectivity index (χ4v) is 4.24. The lowest BCUT2D eigenvalue weighted by atomic mass is 10.0. The summed E-state index contributed by atoms with van der Waals surface area (Å²) in [7, 11) is 0. The molecule has 0 unspecified atom stereocenters. The van der Waals surface area contributed by atoms with Crippen LogP contribution >= 0.6 is 0 Å². The molecule has 0 spiro atoms. The van der Waals surface area contributed by atoms with Crippen LogP contribution in [0.5, 0.6) is 11.5 Å². The number of hydrogen-bond donors (Lipinski definition) is 0. The van der Waals surface area contributed by atoms with E-state index in [0.717, 1.165) is 27.7 Å². The Labute approximate surface area is 214 Å². The monoisotopic (exact) mass is 495 g/mol. The van der Waals surface area contributed by atoms with Gasteiger partial charge in [0.05, 0.1) is 23.4 Å². The first-order valence-electron chi connectivity index (χ1n) is 11.9. The van der Waals surface area contributed by atoms with E-state index in [1.54, 1.807) is 18.2 Å². The Morgan fingerprint density at radius 2 is 1.73 bits per heavy atom. The number of carbonyl (C=O) groups excluding carboxylic acids is 2. The number of fused-ring (bicyclic) bond motifs is 1. The van der Waals surface area contributed by atoms with Crippen LogP contribution in [0, 0.1) is 0 Å². The zero-order valence-corrected chi connectivity index (χ0v) is 20.7. The molecular weight excluding hydrogens is 470 g/mol. The molecule has 8 nitrogen and oxygen atoms in total. The topological polar surface area (TPSA) is 90.3 Å². The summed E-state index contributed by atoms with van der Waals surface area (Å²) in [5.74, 6) is -0.124. The minimum Gasteiger partial charge on any atom is -0.490 e. The van der Waals surface area contributed by atoms with Crippen molar-refractivity contribution < 1.29 is 23.8 Å². The van der Waals surface area contributed by atoms with Gasteiger partial charge in [0.25, 0.3) is 0 Å². The van der Waals surface area contributed by atoms with Crippen molar-refractivity contribution in [3.05, 3.63) is 90.0 Å². The highest BCUT2D eigenvalue weighted by molar-refractivity contribution is 6.00. The zero-order chi connectivity index (χ0) is 25.9. The number of para-hydroxylation sites is 2. The van der Waals surface area contributed by atoms with Crippen molar-refractivity contribution in [2.45, 2.75) is 27.0 Å². The molecule has 0 bridgehead atoms. The zero-order valence-electron chi connectivity index (χ0n) is 20.7. The molecule has 4 aromatic rings. The number of esters is 1. The SMILES string of the molecule is CCOc1cccc(C2=NN(C(C)=O)[C@@H](c3cc(-c4ccccc4)nc4ccccc34)O2)c1OC(C)=O. The highest BCUT2D eigenvalue weighted by Crippen LogP contribution is 2.39. The molecule has 1 atom stereocenters. The van der Waals surface area contributed by atoms with E-state index in [-0.39, 0.29) is 17.6 Å². The second-order valence-corrected chi connectivity index (χ2v) is 8.38. The van der Waals surface area contributed by atoms with Crippen molar-refractivity contribution in [3.8, 4) is 22.8 Å². The van der Waals surface area contributed by atoms with Gasteiger partial charge < -0.3 is 14.2 Å². The van der Waals surface area contributed by atoms with E-state index < -0.39 is 12.2 Å². The number of rotatable bonds is 6. The van der Waals surface area contributed by atoms with E-state index in [0.29, 0.717) is 17.9 Å². The van der Waals surface area contributed by atoms with Crippen LogP contribution in [0.25, 0.3) is 22.2 Å². The van der Waals surface area contributed by atoms with Crippen molar-refractivity contribution in [1.29, 1.82) is 0 Å². The standard InChI is InChI=1S/C29H25N3O5/c1-4-35-26-16-10-14-22(27(26)36-19(3)34)28-31-32(18(2)33)29(37-28)23-17-25(20-11-6-5-7-12-20)30-24-15-9-8-13-21(23)24/h5-17,29H,4H2,1-3H3/t29-/m1/s1. The van der Waals surface area contributed by atoms with Crippen molar-refractivity contribution in [3.63, 3.8) is 0 Å². The van der Waals surface area contributed by atoms with Gasteiger partial charge in [0.15, 0.2) is 11.5 Å². The fraction of sp³-hybridized carbons (Fsp3) is 0.172. The van der Waals surface area contributed by atoms with Gasteiger partial charge in [-0.2, -0.15) is 5.01 Å². The number of nitrogens with zero attached hydrogens (tertiary/aromatic N) is 3. The number of ether oxygens (including phenoxy) is 3. The smallest absolute Gasteiger partial charge is 0.308 e. The van der Waals surface area contributed by atoms with Crippen molar-refractivity contribution in [1.82, 2.24) is 9.99 Å². The summed E-state index contributed by atoms with van der Waals surface area (Å²) in [5.41, 5.74) is 3.57. The predicted molar refractivity (Wildman–Crippen MR) is 139 cm³/mol. The molecule has 186 valence electrons. The summed E-state index contributed by atoms with van der Waals surface area (Å²) in [6.07, 6.45) is -0.858. The lowest BCUT2D eigenvalue weighted by molar-refractivity contribution is -0.135. The second-order valence-electron chi connectivity index (χ2n) is 8.38.